The SMILES string of the molecule is CCn1cc(-c2cc(C(=O)NC3CCCCCC3)c3ccccc3n2)c(C)n1. The molecule has 146 valence electrons. The monoisotopic (exact) mass is 376 g/mol. The van der Waals surface area contributed by atoms with Gasteiger partial charge in [-0.1, -0.05) is 43.9 Å². The summed E-state index contributed by atoms with van der Waals surface area (Å²) in [4.78, 5) is 18.0. The standard InChI is InChI=1S/C23H28N4O/c1-3-27-15-20(16(2)26-27)22-14-19(18-12-8-9-13-21(18)25-22)23(28)24-17-10-6-4-5-7-11-17/h8-9,12-15,17H,3-7,10-11H2,1-2H3,(H,24,28). The van der Waals surface area contributed by atoms with E-state index >= 15 is 0 Å². The van der Waals surface area contributed by atoms with Crippen LogP contribution in [0.25, 0.3) is 22.2 Å². The predicted molar refractivity (Wildman–Crippen MR) is 112 cm³/mol. The van der Waals surface area contributed by atoms with Gasteiger partial charge in [0, 0.05) is 29.7 Å². The van der Waals surface area contributed by atoms with Crippen LogP contribution in [0.5, 0.6) is 0 Å². The van der Waals surface area contributed by atoms with Crippen LogP contribution in [0.3, 0.4) is 0 Å². The van der Waals surface area contributed by atoms with Crippen molar-refractivity contribution in [3.63, 3.8) is 0 Å². The fraction of sp³-hybridized carbons (Fsp3) is 0.435. The Morgan fingerprint density at radius 1 is 1.18 bits per heavy atom. The largest absolute Gasteiger partial charge is 0.349 e. The normalized spacial score (nSPS) is 15.5. The fourth-order valence-electron chi connectivity index (χ4n) is 4.12. The topological polar surface area (TPSA) is 59.8 Å². The molecule has 5 nitrogen and oxygen atoms in total. The molecule has 0 bridgehead atoms. The molecular weight excluding hydrogens is 348 g/mol. The van der Waals surface area contributed by atoms with E-state index < -0.39 is 0 Å². The Balaban J connectivity index is 1.73. The molecule has 28 heavy (non-hydrogen) atoms. The smallest absolute Gasteiger partial charge is 0.252 e. The summed E-state index contributed by atoms with van der Waals surface area (Å²) in [6, 6.07) is 10.1. The molecule has 1 aliphatic carbocycles. The lowest BCUT2D eigenvalue weighted by Crippen LogP contribution is -2.34. The van der Waals surface area contributed by atoms with Gasteiger partial charge in [0.05, 0.1) is 22.5 Å². The number of carbonyl (C=O) groups is 1. The molecule has 1 amide bonds. The van der Waals surface area contributed by atoms with Crippen molar-refractivity contribution >= 4 is 16.8 Å². The Labute approximate surface area is 166 Å². The first-order chi connectivity index (χ1) is 13.7. The Morgan fingerprint density at radius 3 is 2.64 bits per heavy atom. The second kappa shape index (κ2) is 8.13. The summed E-state index contributed by atoms with van der Waals surface area (Å²) in [5.41, 5.74) is 4.26. The van der Waals surface area contributed by atoms with Gasteiger partial charge in [0.1, 0.15) is 0 Å². The van der Waals surface area contributed by atoms with Gasteiger partial charge in [-0.15, -0.1) is 0 Å². The molecule has 0 spiro atoms. The first kappa shape index (κ1) is 18.7. The Bertz CT molecular complexity index is 983. The molecule has 2 heterocycles. The summed E-state index contributed by atoms with van der Waals surface area (Å²) < 4.78 is 1.91. The molecule has 5 heteroatoms. The van der Waals surface area contributed by atoms with Crippen molar-refractivity contribution < 1.29 is 4.79 Å². The third-order valence-corrected chi connectivity index (χ3v) is 5.70. The van der Waals surface area contributed by atoms with Gasteiger partial charge in [-0.25, -0.2) is 4.98 Å². The highest BCUT2D eigenvalue weighted by Crippen LogP contribution is 2.27. The van der Waals surface area contributed by atoms with Crippen LogP contribution in [0.15, 0.2) is 36.5 Å². The summed E-state index contributed by atoms with van der Waals surface area (Å²) >= 11 is 0. The van der Waals surface area contributed by atoms with E-state index in [0.29, 0.717) is 5.56 Å². The van der Waals surface area contributed by atoms with Crippen LogP contribution < -0.4 is 5.32 Å². The minimum Gasteiger partial charge on any atom is -0.349 e. The molecule has 0 unspecified atom stereocenters. The number of carbonyl (C=O) groups excluding carboxylic acids is 1. The van der Waals surface area contributed by atoms with Gasteiger partial charge in [0.2, 0.25) is 0 Å². The average molecular weight is 377 g/mol. The van der Waals surface area contributed by atoms with E-state index in [1.165, 1.54) is 25.7 Å². The van der Waals surface area contributed by atoms with Gasteiger partial charge in [-0.05, 0) is 38.8 Å². The van der Waals surface area contributed by atoms with Gasteiger partial charge in [0.15, 0.2) is 0 Å². The fourth-order valence-corrected chi connectivity index (χ4v) is 4.12. The van der Waals surface area contributed by atoms with Crippen LogP contribution in [0, 0.1) is 6.92 Å². The number of pyridine rings is 1. The van der Waals surface area contributed by atoms with Gasteiger partial charge in [-0.2, -0.15) is 5.10 Å². The van der Waals surface area contributed by atoms with Crippen molar-refractivity contribution in [3.05, 3.63) is 47.8 Å². The number of fused-ring (bicyclic) bond motifs is 1. The Morgan fingerprint density at radius 2 is 1.93 bits per heavy atom. The van der Waals surface area contributed by atoms with Crippen LogP contribution in [0.4, 0.5) is 0 Å². The third-order valence-electron chi connectivity index (χ3n) is 5.70. The quantitative estimate of drug-likeness (QED) is 0.660. The molecule has 1 aromatic carbocycles. The van der Waals surface area contributed by atoms with Gasteiger partial charge in [-0.3, -0.25) is 9.48 Å². The summed E-state index contributed by atoms with van der Waals surface area (Å²) in [5.74, 6) is 0.00675. The van der Waals surface area contributed by atoms with Crippen molar-refractivity contribution in [2.24, 2.45) is 0 Å². The van der Waals surface area contributed by atoms with Crippen molar-refractivity contribution in [3.8, 4) is 11.3 Å². The number of aryl methyl sites for hydroxylation is 2. The molecule has 0 aliphatic heterocycles. The van der Waals surface area contributed by atoms with E-state index in [4.69, 9.17) is 4.98 Å². The lowest BCUT2D eigenvalue weighted by molar-refractivity contribution is 0.0935. The van der Waals surface area contributed by atoms with Crippen LogP contribution >= 0.6 is 0 Å². The minimum absolute atomic E-state index is 0.00675. The van der Waals surface area contributed by atoms with E-state index in [2.05, 4.69) is 17.3 Å². The molecule has 4 rings (SSSR count). The number of amides is 1. The number of benzene rings is 1. The first-order valence-corrected chi connectivity index (χ1v) is 10.4. The highest BCUT2D eigenvalue weighted by molar-refractivity contribution is 6.07. The van der Waals surface area contributed by atoms with Crippen LogP contribution in [-0.2, 0) is 6.54 Å². The molecule has 0 atom stereocenters. The highest BCUT2D eigenvalue weighted by Gasteiger charge is 2.20. The minimum atomic E-state index is 0.00675. The Kier molecular flexibility index (Phi) is 5.42. The molecule has 1 aliphatic rings. The lowest BCUT2D eigenvalue weighted by atomic mass is 10.0. The summed E-state index contributed by atoms with van der Waals surface area (Å²) in [6.07, 6.45) is 9.10. The first-order valence-electron chi connectivity index (χ1n) is 10.4. The lowest BCUT2D eigenvalue weighted by Gasteiger charge is -2.17. The van der Waals surface area contributed by atoms with E-state index in [1.54, 1.807) is 0 Å². The van der Waals surface area contributed by atoms with Crippen LogP contribution in [0.2, 0.25) is 0 Å². The summed E-state index contributed by atoms with van der Waals surface area (Å²) in [6.45, 7) is 4.86. The maximum atomic E-state index is 13.2. The summed E-state index contributed by atoms with van der Waals surface area (Å²) in [7, 11) is 0. The van der Waals surface area contributed by atoms with Gasteiger partial charge in [0.25, 0.3) is 5.91 Å². The van der Waals surface area contributed by atoms with E-state index in [-0.39, 0.29) is 11.9 Å². The number of para-hydroxylation sites is 1. The van der Waals surface area contributed by atoms with E-state index in [9.17, 15) is 4.79 Å². The van der Waals surface area contributed by atoms with Gasteiger partial charge < -0.3 is 5.32 Å². The highest BCUT2D eigenvalue weighted by atomic mass is 16.1. The number of nitrogens with zero attached hydrogens (tertiary/aromatic N) is 3. The van der Waals surface area contributed by atoms with Crippen molar-refractivity contribution in [1.82, 2.24) is 20.1 Å². The van der Waals surface area contributed by atoms with E-state index in [0.717, 1.165) is 47.2 Å². The number of hydrogen-bond donors (Lipinski definition) is 1. The zero-order chi connectivity index (χ0) is 19.5. The second-order valence-corrected chi connectivity index (χ2v) is 7.72. The van der Waals surface area contributed by atoms with Crippen molar-refractivity contribution in [1.29, 1.82) is 0 Å². The van der Waals surface area contributed by atoms with Crippen LogP contribution in [0.1, 0.15) is 61.5 Å². The zero-order valence-corrected chi connectivity index (χ0v) is 16.7. The maximum absolute atomic E-state index is 13.2. The molecule has 2 aromatic heterocycles. The van der Waals surface area contributed by atoms with Gasteiger partial charge >= 0.3 is 0 Å². The predicted octanol–water partition coefficient (Wildman–Crippen LogP) is 4.88. The molecule has 1 N–H and O–H groups in total. The molecule has 1 saturated carbocycles. The van der Waals surface area contributed by atoms with E-state index in [1.807, 2.05) is 48.1 Å². The number of aromatic nitrogens is 3. The van der Waals surface area contributed by atoms with Crippen LogP contribution in [-0.4, -0.2) is 26.7 Å². The summed E-state index contributed by atoms with van der Waals surface area (Å²) in [5, 5.41) is 8.73. The maximum Gasteiger partial charge on any atom is 0.252 e. The average Bonchev–Trinajstić information content (AvgIpc) is 2.91. The van der Waals surface area contributed by atoms with Crippen molar-refractivity contribution in [2.75, 3.05) is 0 Å². The molecule has 0 saturated heterocycles. The molecule has 1 fully saturated rings. The number of rotatable bonds is 4. The number of hydrogen-bond acceptors (Lipinski definition) is 3. The molecular formula is C23H28N4O. The zero-order valence-electron chi connectivity index (χ0n) is 16.7. The Hall–Kier alpha value is -2.69. The number of nitrogens with one attached hydrogen (secondary N) is 1. The van der Waals surface area contributed by atoms with Crippen molar-refractivity contribution in [2.45, 2.75) is 65.0 Å². The molecule has 0 radical (unpaired) electrons. The third kappa shape index (κ3) is 3.79. The second-order valence-electron chi connectivity index (χ2n) is 7.72. The molecule has 3 aromatic rings.